The zero-order chi connectivity index (χ0) is 21.1. The van der Waals surface area contributed by atoms with Crippen LogP contribution in [-0.2, 0) is 19.4 Å². The number of carbonyl (C=O) groups is 1. The lowest BCUT2D eigenvalue weighted by atomic mass is 9.98. The maximum Gasteiger partial charge on any atom is 0.257 e. The van der Waals surface area contributed by atoms with Crippen LogP contribution in [0, 0.1) is 5.82 Å². The van der Waals surface area contributed by atoms with Gasteiger partial charge < -0.3 is 20.5 Å². The highest BCUT2D eigenvalue weighted by molar-refractivity contribution is 5.95. The molecule has 0 unspecified atom stereocenters. The van der Waals surface area contributed by atoms with Gasteiger partial charge in [-0.1, -0.05) is 18.2 Å². The number of hydrogen-bond acceptors (Lipinski definition) is 4. The van der Waals surface area contributed by atoms with Crippen LogP contribution >= 0.6 is 12.4 Å². The summed E-state index contributed by atoms with van der Waals surface area (Å²) in [5.41, 5.74) is 8.60. The molecule has 0 aliphatic carbocycles. The van der Waals surface area contributed by atoms with E-state index in [4.69, 9.17) is 10.5 Å². The quantitative estimate of drug-likeness (QED) is 0.612. The van der Waals surface area contributed by atoms with Crippen LogP contribution < -0.4 is 10.5 Å². The minimum absolute atomic E-state index is 0. The second-order valence-corrected chi connectivity index (χ2v) is 7.36. The van der Waals surface area contributed by atoms with E-state index in [2.05, 4.69) is 0 Å². The summed E-state index contributed by atoms with van der Waals surface area (Å²) in [5, 5.41) is 9.71. The van der Waals surface area contributed by atoms with E-state index in [1.54, 1.807) is 17.0 Å². The Hall–Kier alpha value is -3.09. The molecule has 0 atom stereocenters. The molecule has 0 aromatic heterocycles. The van der Waals surface area contributed by atoms with Crippen LogP contribution in [0.3, 0.4) is 0 Å². The van der Waals surface area contributed by atoms with E-state index in [0.717, 1.165) is 23.1 Å². The van der Waals surface area contributed by atoms with Crippen LogP contribution in [0.25, 0.3) is 0 Å². The Labute approximate surface area is 186 Å². The summed E-state index contributed by atoms with van der Waals surface area (Å²) in [4.78, 5) is 14.6. The Morgan fingerprint density at radius 1 is 1.03 bits per heavy atom. The molecule has 1 aliphatic heterocycles. The van der Waals surface area contributed by atoms with Crippen LogP contribution in [0.2, 0.25) is 0 Å². The topological polar surface area (TPSA) is 75.8 Å². The Morgan fingerprint density at radius 2 is 1.77 bits per heavy atom. The van der Waals surface area contributed by atoms with Crippen molar-refractivity contribution in [3.8, 4) is 17.2 Å². The molecule has 31 heavy (non-hydrogen) atoms. The number of nitrogens with zero attached hydrogens (tertiary/aromatic N) is 1. The van der Waals surface area contributed by atoms with Gasteiger partial charge in [0.05, 0.1) is 5.56 Å². The first-order chi connectivity index (χ1) is 14.5. The van der Waals surface area contributed by atoms with Crippen molar-refractivity contribution in [2.24, 2.45) is 5.73 Å². The van der Waals surface area contributed by atoms with Crippen molar-refractivity contribution in [1.82, 2.24) is 4.90 Å². The molecule has 4 rings (SSSR count). The maximum atomic E-state index is 14.5. The fraction of sp³-hybridized carbons (Fsp3) is 0.208. The van der Waals surface area contributed by atoms with Gasteiger partial charge in [-0.3, -0.25) is 4.79 Å². The van der Waals surface area contributed by atoms with E-state index in [-0.39, 0.29) is 23.7 Å². The van der Waals surface area contributed by atoms with Crippen molar-refractivity contribution in [2.45, 2.75) is 19.4 Å². The number of hydrogen-bond donors (Lipinski definition) is 2. The largest absolute Gasteiger partial charge is 0.508 e. The van der Waals surface area contributed by atoms with E-state index < -0.39 is 11.7 Å². The van der Waals surface area contributed by atoms with Gasteiger partial charge in [0.2, 0.25) is 0 Å². The number of phenols is 1. The highest BCUT2D eigenvalue weighted by atomic mass is 35.5. The number of benzene rings is 3. The zero-order valence-corrected chi connectivity index (χ0v) is 17.7. The molecule has 0 fully saturated rings. The number of aromatic hydroxyl groups is 1. The third-order valence-corrected chi connectivity index (χ3v) is 5.25. The number of amides is 1. The minimum atomic E-state index is -0.590. The summed E-state index contributed by atoms with van der Waals surface area (Å²) in [6.07, 6.45) is 1.44. The molecule has 0 bridgehead atoms. The fourth-order valence-electron chi connectivity index (χ4n) is 3.65. The van der Waals surface area contributed by atoms with Gasteiger partial charge in [0.25, 0.3) is 5.91 Å². The van der Waals surface area contributed by atoms with Crippen LogP contribution in [0.15, 0.2) is 60.7 Å². The molecule has 0 saturated heterocycles. The minimum Gasteiger partial charge on any atom is -0.508 e. The zero-order valence-electron chi connectivity index (χ0n) is 16.9. The highest BCUT2D eigenvalue weighted by Gasteiger charge is 2.24. The normalized spacial score (nSPS) is 12.6. The third kappa shape index (κ3) is 5.16. The molecule has 1 aliphatic rings. The Balaban J connectivity index is 0.00000272. The highest BCUT2D eigenvalue weighted by Crippen LogP contribution is 2.28. The van der Waals surface area contributed by atoms with Crippen LogP contribution in [0.5, 0.6) is 17.2 Å². The summed E-state index contributed by atoms with van der Waals surface area (Å²) in [7, 11) is 0. The second kappa shape index (κ2) is 9.81. The SMILES string of the molecule is Cl.NCCc1ccc(Oc2ccc(F)c(C(=O)N3CCc4ccc(O)cc4C3)c2)cc1. The molecule has 1 heterocycles. The number of carbonyl (C=O) groups excluding carboxylic acids is 1. The van der Waals surface area contributed by atoms with Crippen molar-refractivity contribution in [3.05, 3.63) is 88.7 Å². The third-order valence-electron chi connectivity index (χ3n) is 5.25. The van der Waals surface area contributed by atoms with Gasteiger partial charge in [0.1, 0.15) is 23.1 Å². The van der Waals surface area contributed by atoms with Crippen molar-refractivity contribution < 1.29 is 19.0 Å². The number of rotatable bonds is 5. The van der Waals surface area contributed by atoms with E-state index >= 15 is 0 Å². The molecule has 162 valence electrons. The molecule has 0 saturated carbocycles. The molecule has 0 spiro atoms. The van der Waals surface area contributed by atoms with Gasteiger partial charge in [-0.15, -0.1) is 12.4 Å². The average molecular weight is 443 g/mol. The standard InChI is InChI=1S/C24H23FN2O3.ClH/c25-23-8-7-21(30-20-5-1-16(2-6-20)9-11-26)14-22(23)24(29)27-12-10-17-3-4-19(28)13-18(17)15-27;/h1-8,13-14,28H,9-12,15,26H2;1H. The summed E-state index contributed by atoms with van der Waals surface area (Å²) in [5.74, 6) is 0.157. The summed E-state index contributed by atoms with van der Waals surface area (Å²) >= 11 is 0. The van der Waals surface area contributed by atoms with Crippen molar-refractivity contribution >= 4 is 18.3 Å². The first kappa shape index (κ1) is 22.6. The van der Waals surface area contributed by atoms with Crippen molar-refractivity contribution in [2.75, 3.05) is 13.1 Å². The van der Waals surface area contributed by atoms with Crippen LogP contribution in [0.4, 0.5) is 4.39 Å². The van der Waals surface area contributed by atoms with Gasteiger partial charge in [-0.2, -0.15) is 0 Å². The van der Waals surface area contributed by atoms with Crippen molar-refractivity contribution in [3.63, 3.8) is 0 Å². The molecule has 5 nitrogen and oxygen atoms in total. The first-order valence-electron chi connectivity index (χ1n) is 9.90. The van der Waals surface area contributed by atoms with Gasteiger partial charge in [0, 0.05) is 13.1 Å². The number of ether oxygens (including phenoxy) is 1. The molecular formula is C24H24ClFN2O3. The van der Waals surface area contributed by atoms with E-state index in [0.29, 0.717) is 37.6 Å². The number of nitrogens with two attached hydrogens (primary N) is 1. The van der Waals surface area contributed by atoms with E-state index in [1.165, 1.54) is 18.2 Å². The predicted octanol–water partition coefficient (Wildman–Crippen LogP) is 4.45. The molecular weight excluding hydrogens is 419 g/mol. The monoisotopic (exact) mass is 442 g/mol. The summed E-state index contributed by atoms with van der Waals surface area (Å²) < 4.78 is 20.3. The van der Waals surface area contributed by atoms with Crippen LogP contribution in [0.1, 0.15) is 27.0 Å². The number of halogens is 2. The van der Waals surface area contributed by atoms with Crippen LogP contribution in [-0.4, -0.2) is 29.0 Å². The van der Waals surface area contributed by atoms with E-state index in [1.807, 2.05) is 30.3 Å². The van der Waals surface area contributed by atoms with E-state index in [9.17, 15) is 14.3 Å². The van der Waals surface area contributed by atoms with Gasteiger partial charge in [-0.05, 0) is 78.5 Å². The van der Waals surface area contributed by atoms with Gasteiger partial charge in [0.15, 0.2) is 0 Å². The summed E-state index contributed by atoms with van der Waals surface area (Å²) in [6.45, 7) is 1.39. The second-order valence-electron chi connectivity index (χ2n) is 7.36. The lowest BCUT2D eigenvalue weighted by molar-refractivity contribution is 0.0729. The first-order valence-corrected chi connectivity index (χ1v) is 9.90. The molecule has 3 aromatic carbocycles. The maximum absolute atomic E-state index is 14.5. The lowest BCUT2D eigenvalue weighted by Gasteiger charge is -2.29. The summed E-state index contributed by atoms with van der Waals surface area (Å²) in [6, 6.07) is 16.8. The Bertz CT molecular complexity index is 1070. The molecule has 0 radical (unpaired) electrons. The molecule has 7 heteroatoms. The van der Waals surface area contributed by atoms with Gasteiger partial charge in [-0.25, -0.2) is 4.39 Å². The average Bonchev–Trinajstić information content (AvgIpc) is 2.75. The molecule has 1 amide bonds. The number of fused-ring (bicyclic) bond motifs is 1. The Morgan fingerprint density at radius 3 is 2.52 bits per heavy atom. The predicted molar refractivity (Wildman–Crippen MR) is 119 cm³/mol. The smallest absolute Gasteiger partial charge is 0.257 e. The molecule has 3 N–H and O–H groups in total. The molecule has 3 aromatic rings. The lowest BCUT2D eigenvalue weighted by Crippen LogP contribution is -2.36. The van der Waals surface area contributed by atoms with Gasteiger partial charge >= 0.3 is 0 Å². The number of phenolic OH excluding ortho intramolecular Hbond substituents is 1. The fourth-order valence-corrected chi connectivity index (χ4v) is 3.65. The Kier molecular flexibility index (Phi) is 7.15. The van der Waals surface area contributed by atoms with Crippen molar-refractivity contribution in [1.29, 1.82) is 0 Å².